The smallest absolute Gasteiger partial charge is 0.166 e. The standard InChI is InChI=1S/C19H20FN3O2/c1-25-18-8-4-15(5-9-18)11-22-17(13-24)10-19(21)23-12-14-2-6-16(20)7-3-14/h2-10,13,22H,11-12H2,1H3,(H2,21,23). The Morgan fingerprint density at radius 3 is 2.40 bits per heavy atom. The van der Waals surface area contributed by atoms with Crippen LogP contribution in [0.4, 0.5) is 4.39 Å². The van der Waals surface area contributed by atoms with Crippen LogP contribution in [-0.2, 0) is 17.9 Å². The van der Waals surface area contributed by atoms with Gasteiger partial charge in [0, 0.05) is 12.6 Å². The third-order valence-corrected chi connectivity index (χ3v) is 3.44. The maximum atomic E-state index is 12.8. The molecule has 0 atom stereocenters. The summed E-state index contributed by atoms with van der Waals surface area (Å²) in [6.07, 6.45) is 2.16. The van der Waals surface area contributed by atoms with Crippen molar-refractivity contribution in [1.82, 2.24) is 5.32 Å². The van der Waals surface area contributed by atoms with Gasteiger partial charge in [-0.05, 0) is 35.4 Å². The van der Waals surface area contributed by atoms with Crippen LogP contribution in [0.1, 0.15) is 11.1 Å². The van der Waals surface area contributed by atoms with Crippen LogP contribution in [0.2, 0.25) is 0 Å². The average molecular weight is 341 g/mol. The Hall–Kier alpha value is -3.15. The van der Waals surface area contributed by atoms with Crippen LogP contribution in [0.25, 0.3) is 0 Å². The average Bonchev–Trinajstić information content (AvgIpc) is 2.65. The second kappa shape index (κ2) is 9.22. The number of nitrogens with two attached hydrogens (primary N) is 1. The van der Waals surface area contributed by atoms with Gasteiger partial charge in [-0.2, -0.15) is 0 Å². The Morgan fingerprint density at radius 1 is 1.16 bits per heavy atom. The van der Waals surface area contributed by atoms with Crippen molar-refractivity contribution in [3.8, 4) is 5.75 Å². The predicted octanol–water partition coefficient (Wildman–Crippen LogP) is 2.56. The third kappa shape index (κ3) is 6.10. The molecule has 0 aliphatic rings. The van der Waals surface area contributed by atoms with Gasteiger partial charge in [-0.15, -0.1) is 0 Å². The summed E-state index contributed by atoms with van der Waals surface area (Å²) in [5, 5.41) is 3.00. The highest BCUT2D eigenvalue weighted by Crippen LogP contribution is 2.11. The predicted molar refractivity (Wildman–Crippen MR) is 95.7 cm³/mol. The van der Waals surface area contributed by atoms with Crippen molar-refractivity contribution in [2.45, 2.75) is 13.1 Å². The van der Waals surface area contributed by atoms with Gasteiger partial charge in [-0.25, -0.2) is 4.39 Å². The summed E-state index contributed by atoms with van der Waals surface area (Å²) < 4.78 is 17.9. The van der Waals surface area contributed by atoms with Crippen molar-refractivity contribution in [1.29, 1.82) is 0 Å². The molecule has 0 aliphatic heterocycles. The minimum atomic E-state index is -0.299. The molecule has 130 valence electrons. The molecule has 5 nitrogen and oxygen atoms in total. The van der Waals surface area contributed by atoms with Gasteiger partial charge in [0.15, 0.2) is 6.29 Å². The van der Waals surface area contributed by atoms with E-state index in [0.29, 0.717) is 25.1 Å². The highest BCUT2D eigenvalue weighted by atomic mass is 19.1. The Bertz CT molecular complexity index is 753. The van der Waals surface area contributed by atoms with Crippen LogP contribution in [0.3, 0.4) is 0 Å². The molecule has 3 N–H and O–H groups in total. The number of hydrogen-bond acceptors (Lipinski definition) is 4. The van der Waals surface area contributed by atoms with E-state index in [4.69, 9.17) is 10.5 Å². The van der Waals surface area contributed by atoms with E-state index in [1.807, 2.05) is 24.3 Å². The van der Waals surface area contributed by atoms with Gasteiger partial charge in [-0.3, -0.25) is 9.79 Å². The summed E-state index contributed by atoms with van der Waals surface area (Å²) in [6, 6.07) is 13.5. The fourth-order valence-corrected chi connectivity index (χ4v) is 2.05. The zero-order valence-electron chi connectivity index (χ0n) is 13.9. The summed E-state index contributed by atoms with van der Waals surface area (Å²) in [4.78, 5) is 15.3. The molecule has 0 fully saturated rings. The van der Waals surface area contributed by atoms with Gasteiger partial charge < -0.3 is 15.8 Å². The van der Waals surface area contributed by atoms with E-state index in [2.05, 4.69) is 10.3 Å². The molecule has 0 unspecified atom stereocenters. The fourth-order valence-electron chi connectivity index (χ4n) is 2.05. The van der Waals surface area contributed by atoms with Gasteiger partial charge in [0.1, 0.15) is 17.4 Å². The Morgan fingerprint density at radius 2 is 1.80 bits per heavy atom. The molecular formula is C19H20FN3O2. The fraction of sp³-hybridized carbons (Fsp3) is 0.158. The van der Waals surface area contributed by atoms with Crippen LogP contribution in [0.5, 0.6) is 5.75 Å². The monoisotopic (exact) mass is 341 g/mol. The third-order valence-electron chi connectivity index (χ3n) is 3.44. The van der Waals surface area contributed by atoms with Crippen molar-refractivity contribution >= 4 is 12.1 Å². The largest absolute Gasteiger partial charge is 0.497 e. The number of halogens is 1. The highest BCUT2D eigenvalue weighted by Gasteiger charge is 1.99. The maximum Gasteiger partial charge on any atom is 0.166 e. The Balaban J connectivity index is 1.93. The second-order valence-electron chi connectivity index (χ2n) is 5.29. The number of ether oxygens (including phenoxy) is 1. The van der Waals surface area contributed by atoms with Gasteiger partial charge in [0.2, 0.25) is 0 Å². The van der Waals surface area contributed by atoms with E-state index in [0.717, 1.165) is 16.9 Å². The number of hydrogen-bond donors (Lipinski definition) is 2. The molecule has 0 aromatic heterocycles. The van der Waals surface area contributed by atoms with Crippen molar-refractivity contribution in [3.63, 3.8) is 0 Å². The number of allylic oxidation sites excluding steroid dienone is 1. The van der Waals surface area contributed by atoms with E-state index in [1.165, 1.54) is 18.2 Å². The first kappa shape index (κ1) is 18.2. The minimum absolute atomic E-state index is 0.216. The van der Waals surface area contributed by atoms with Crippen molar-refractivity contribution < 1.29 is 13.9 Å². The normalized spacial score (nSPS) is 11.9. The van der Waals surface area contributed by atoms with Crippen LogP contribution in [0.15, 0.2) is 65.3 Å². The first-order valence-electron chi connectivity index (χ1n) is 7.68. The van der Waals surface area contributed by atoms with Crippen LogP contribution >= 0.6 is 0 Å². The number of nitrogens with one attached hydrogen (secondary N) is 1. The number of carbonyl (C=O) groups excluding carboxylic acids is 1. The van der Waals surface area contributed by atoms with Crippen molar-refractivity contribution in [2.24, 2.45) is 10.7 Å². The Kier molecular flexibility index (Phi) is 6.71. The molecule has 0 saturated heterocycles. The van der Waals surface area contributed by atoms with E-state index in [9.17, 15) is 9.18 Å². The zero-order valence-corrected chi connectivity index (χ0v) is 13.9. The Labute approximate surface area is 146 Å². The lowest BCUT2D eigenvalue weighted by molar-refractivity contribution is -0.105. The molecule has 0 aliphatic carbocycles. The number of amidine groups is 1. The SMILES string of the molecule is COc1ccc(CNC(C=O)=CC(N)=NCc2ccc(F)cc2)cc1. The molecule has 6 heteroatoms. The zero-order chi connectivity index (χ0) is 18.1. The molecule has 0 amide bonds. The number of nitrogens with zero attached hydrogens (tertiary/aromatic N) is 1. The van der Waals surface area contributed by atoms with E-state index in [1.54, 1.807) is 19.2 Å². The number of benzene rings is 2. The highest BCUT2D eigenvalue weighted by molar-refractivity contribution is 5.96. The molecule has 25 heavy (non-hydrogen) atoms. The van der Waals surface area contributed by atoms with Gasteiger partial charge in [0.05, 0.1) is 19.4 Å². The molecule has 2 aromatic carbocycles. The van der Waals surface area contributed by atoms with Gasteiger partial charge in [-0.1, -0.05) is 24.3 Å². The second-order valence-corrected chi connectivity index (χ2v) is 5.29. The first-order valence-corrected chi connectivity index (χ1v) is 7.68. The number of aliphatic imine (C=N–C) groups is 1. The summed E-state index contributed by atoms with van der Waals surface area (Å²) in [7, 11) is 1.61. The summed E-state index contributed by atoms with van der Waals surface area (Å²) >= 11 is 0. The van der Waals surface area contributed by atoms with Gasteiger partial charge in [0.25, 0.3) is 0 Å². The van der Waals surface area contributed by atoms with E-state index < -0.39 is 0 Å². The number of carbonyl (C=O) groups is 1. The lowest BCUT2D eigenvalue weighted by Crippen LogP contribution is -2.18. The van der Waals surface area contributed by atoms with Crippen molar-refractivity contribution in [3.05, 3.63) is 77.2 Å². The lowest BCUT2D eigenvalue weighted by atomic mass is 10.2. The summed E-state index contributed by atoms with van der Waals surface area (Å²) in [6.45, 7) is 0.785. The van der Waals surface area contributed by atoms with Crippen molar-refractivity contribution in [2.75, 3.05) is 7.11 Å². The molecule has 0 heterocycles. The summed E-state index contributed by atoms with van der Waals surface area (Å²) in [5.74, 6) is 0.687. The number of rotatable bonds is 8. The molecule has 0 radical (unpaired) electrons. The minimum Gasteiger partial charge on any atom is -0.497 e. The summed E-state index contributed by atoms with van der Waals surface area (Å²) in [5.41, 5.74) is 7.97. The molecule has 0 saturated carbocycles. The van der Waals surface area contributed by atoms with E-state index >= 15 is 0 Å². The number of aldehydes is 1. The molecule has 0 bridgehead atoms. The lowest BCUT2D eigenvalue weighted by Gasteiger charge is -2.07. The van der Waals surface area contributed by atoms with Crippen LogP contribution in [0, 0.1) is 5.82 Å². The topological polar surface area (TPSA) is 76.7 Å². The number of methoxy groups -OCH3 is 1. The molecule has 2 rings (SSSR count). The molecule has 2 aromatic rings. The van der Waals surface area contributed by atoms with E-state index in [-0.39, 0.29) is 11.7 Å². The molecule has 0 spiro atoms. The molecular weight excluding hydrogens is 321 g/mol. The van der Waals surface area contributed by atoms with Gasteiger partial charge >= 0.3 is 0 Å². The quantitative estimate of drug-likeness (QED) is 0.335. The van der Waals surface area contributed by atoms with Crippen LogP contribution < -0.4 is 15.8 Å². The van der Waals surface area contributed by atoms with Crippen LogP contribution in [-0.4, -0.2) is 19.2 Å². The maximum absolute atomic E-state index is 12.8. The first-order chi connectivity index (χ1) is 12.1.